The second kappa shape index (κ2) is 7.83. The van der Waals surface area contributed by atoms with E-state index in [1.54, 1.807) is 0 Å². The highest BCUT2D eigenvalue weighted by Crippen LogP contribution is 2.50. The van der Waals surface area contributed by atoms with E-state index in [9.17, 15) is 9.59 Å². The van der Waals surface area contributed by atoms with Gasteiger partial charge in [-0.15, -0.1) is 0 Å². The molecule has 1 saturated carbocycles. The van der Waals surface area contributed by atoms with E-state index in [1.807, 2.05) is 49.1 Å². The van der Waals surface area contributed by atoms with E-state index in [-0.39, 0.29) is 23.9 Å². The van der Waals surface area contributed by atoms with Gasteiger partial charge in [0.2, 0.25) is 5.91 Å². The number of carbonyl (C=O) groups excluding carboxylic acids is 2. The fourth-order valence-corrected chi connectivity index (χ4v) is 5.50. The number of aromatic amines is 1. The molecule has 4 atom stereocenters. The molecule has 2 radical (unpaired) electrons. The molecule has 2 fully saturated rings. The summed E-state index contributed by atoms with van der Waals surface area (Å²) in [6, 6.07) is 9.28. The molecule has 2 aromatic carbocycles. The van der Waals surface area contributed by atoms with Crippen LogP contribution in [0.25, 0.3) is 21.8 Å². The molecular weight excluding hydrogens is 403 g/mol. The van der Waals surface area contributed by atoms with Gasteiger partial charge < -0.3 is 19.9 Å². The maximum Gasteiger partial charge on any atom is 0.407 e. The van der Waals surface area contributed by atoms with E-state index in [0.717, 1.165) is 52.4 Å². The van der Waals surface area contributed by atoms with Crippen molar-refractivity contribution in [2.45, 2.75) is 51.2 Å². The van der Waals surface area contributed by atoms with Crippen molar-refractivity contribution < 1.29 is 14.3 Å². The smallest absolute Gasteiger partial charge is 0.407 e. The molecule has 1 aromatic heterocycles. The Bertz CT molecular complexity index is 1210. The molecule has 164 valence electrons. The molecule has 2 heterocycles. The van der Waals surface area contributed by atoms with Gasteiger partial charge in [0.15, 0.2) is 0 Å². The first-order chi connectivity index (χ1) is 15.4. The zero-order chi connectivity index (χ0) is 22.6. The molecule has 0 unspecified atom stereocenters. The average Bonchev–Trinajstić information content (AvgIpc) is 3.50. The number of methoxy groups -OCH3 is 1. The molecule has 2 aliphatic rings. The Kier molecular flexibility index (Phi) is 5.11. The zero-order valence-electron chi connectivity index (χ0n) is 18.6. The van der Waals surface area contributed by atoms with Crippen molar-refractivity contribution in [1.82, 2.24) is 20.2 Å². The fraction of sp³-hybridized carbons (Fsp3) is 0.458. The highest BCUT2D eigenvalue weighted by molar-refractivity contribution is 6.33. The number of alkyl carbamates (subject to hydrolysis) is 1. The number of nitrogens with one attached hydrogen (secondary N) is 2. The van der Waals surface area contributed by atoms with E-state index >= 15 is 0 Å². The largest absolute Gasteiger partial charge is 0.453 e. The topological polar surface area (TPSA) is 87.3 Å². The molecule has 7 nitrogen and oxygen atoms in total. The van der Waals surface area contributed by atoms with Crippen molar-refractivity contribution in [2.24, 2.45) is 11.8 Å². The summed E-state index contributed by atoms with van der Waals surface area (Å²) in [4.78, 5) is 36.0. The highest BCUT2D eigenvalue weighted by Gasteiger charge is 2.51. The lowest BCUT2D eigenvalue weighted by atomic mass is 9.93. The van der Waals surface area contributed by atoms with Crippen LogP contribution < -0.4 is 10.8 Å². The van der Waals surface area contributed by atoms with Crippen molar-refractivity contribution >= 4 is 47.1 Å². The summed E-state index contributed by atoms with van der Waals surface area (Å²) in [5.74, 6) is 1.04. The number of rotatable bonds is 4. The van der Waals surface area contributed by atoms with Crippen LogP contribution in [0.5, 0.6) is 0 Å². The minimum Gasteiger partial charge on any atom is -0.453 e. The van der Waals surface area contributed by atoms with Gasteiger partial charge in [-0.25, -0.2) is 9.78 Å². The fourth-order valence-electron chi connectivity index (χ4n) is 5.50. The van der Waals surface area contributed by atoms with Crippen LogP contribution in [0.1, 0.15) is 45.0 Å². The predicted molar refractivity (Wildman–Crippen MR) is 124 cm³/mol. The standard InChI is InChI=1S/C24H27BN4O3/c1-12(2)19(28-24(31)32-3)23(30)29-16-7-4-14(11-16)21(29)22-26-18-9-5-13-10-15(25)6-8-17(13)20(18)27-22/h5-6,8-10,12,14,16,19,21H,4,7,11H2,1-3H3,(H,26,27)(H,28,31)/t14-,16+,19+,21+/m1/s1. The van der Waals surface area contributed by atoms with Crippen molar-refractivity contribution in [2.75, 3.05) is 7.11 Å². The quantitative estimate of drug-likeness (QED) is 0.624. The molecule has 8 heteroatoms. The number of likely N-dealkylation sites (tertiary alicyclic amines) is 1. The number of carbonyl (C=O) groups is 2. The van der Waals surface area contributed by atoms with Crippen LogP contribution in [-0.4, -0.2) is 53.9 Å². The van der Waals surface area contributed by atoms with Gasteiger partial charge in [-0.05, 0) is 42.6 Å². The molecular formula is C24H27BN4O3. The van der Waals surface area contributed by atoms with Crippen LogP contribution in [0.15, 0.2) is 30.3 Å². The molecule has 1 saturated heterocycles. The third-order valence-electron chi connectivity index (χ3n) is 7.02. The van der Waals surface area contributed by atoms with Gasteiger partial charge in [-0.2, -0.15) is 0 Å². The summed E-state index contributed by atoms with van der Waals surface area (Å²) >= 11 is 0. The van der Waals surface area contributed by atoms with Gasteiger partial charge in [-0.3, -0.25) is 4.79 Å². The molecule has 2 N–H and O–H groups in total. The normalized spacial score (nSPS) is 23.2. The van der Waals surface area contributed by atoms with Crippen LogP contribution in [0.3, 0.4) is 0 Å². The van der Waals surface area contributed by atoms with Crippen molar-refractivity contribution in [1.29, 1.82) is 0 Å². The van der Waals surface area contributed by atoms with Crippen molar-refractivity contribution in [3.05, 3.63) is 36.2 Å². The second-order valence-electron chi connectivity index (χ2n) is 9.34. The van der Waals surface area contributed by atoms with Crippen molar-refractivity contribution in [3.63, 3.8) is 0 Å². The van der Waals surface area contributed by atoms with E-state index < -0.39 is 12.1 Å². The first-order valence-corrected chi connectivity index (χ1v) is 11.2. The number of H-pyrrole nitrogens is 1. The number of fused-ring (bicyclic) bond motifs is 5. The van der Waals surface area contributed by atoms with E-state index in [0.29, 0.717) is 5.92 Å². The summed E-state index contributed by atoms with van der Waals surface area (Å²) in [6.45, 7) is 3.86. The summed E-state index contributed by atoms with van der Waals surface area (Å²) in [5.41, 5.74) is 2.55. The van der Waals surface area contributed by atoms with E-state index in [1.165, 1.54) is 7.11 Å². The number of amides is 2. The molecule has 2 amide bonds. The number of aromatic nitrogens is 2. The zero-order valence-corrected chi connectivity index (χ0v) is 18.6. The van der Waals surface area contributed by atoms with E-state index in [2.05, 4.69) is 10.3 Å². The number of hydrogen-bond donors (Lipinski definition) is 2. The lowest BCUT2D eigenvalue weighted by Gasteiger charge is -2.37. The Morgan fingerprint density at radius 1 is 1.25 bits per heavy atom. The number of hydrogen-bond acceptors (Lipinski definition) is 4. The predicted octanol–water partition coefficient (Wildman–Crippen LogP) is 2.94. The minimum absolute atomic E-state index is 0.0635. The maximum absolute atomic E-state index is 13.7. The first kappa shape index (κ1) is 20.9. The Hall–Kier alpha value is -3.03. The highest BCUT2D eigenvalue weighted by atomic mass is 16.5. The van der Waals surface area contributed by atoms with Crippen LogP contribution in [0.4, 0.5) is 4.79 Å². The summed E-state index contributed by atoms with van der Waals surface area (Å²) < 4.78 is 4.76. The van der Waals surface area contributed by atoms with Gasteiger partial charge in [0.25, 0.3) is 0 Å². The number of ether oxygens (including phenoxy) is 1. The Morgan fingerprint density at radius 2 is 2.06 bits per heavy atom. The molecule has 1 aliphatic carbocycles. The van der Waals surface area contributed by atoms with Crippen LogP contribution in [-0.2, 0) is 9.53 Å². The van der Waals surface area contributed by atoms with Gasteiger partial charge in [0, 0.05) is 11.4 Å². The van der Waals surface area contributed by atoms with Crippen molar-refractivity contribution in [3.8, 4) is 0 Å². The molecule has 3 aromatic rings. The third-order valence-corrected chi connectivity index (χ3v) is 7.02. The van der Waals surface area contributed by atoms with Gasteiger partial charge in [-0.1, -0.05) is 43.6 Å². The lowest BCUT2D eigenvalue weighted by molar-refractivity contribution is -0.139. The number of nitrogens with zero attached hydrogens (tertiary/aromatic N) is 2. The third kappa shape index (κ3) is 3.33. The summed E-state index contributed by atoms with van der Waals surface area (Å²) in [6.07, 6.45) is 2.43. The van der Waals surface area contributed by atoms with Crippen LogP contribution in [0.2, 0.25) is 0 Å². The second-order valence-corrected chi connectivity index (χ2v) is 9.34. The molecule has 2 bridgehead atoms. The SMILES string of the molecule is [B]c1ccc2c(ccc3[nH]c([C@@H]4[C@@H]5CC[C@@H](C5)N4C(=O)[C@@H](NC(=O)OC)C(C)C)nc32)c1. The number of benzene rings is 2. The first-order valence-electron chi connectivity index (χ1n) is 11.2. The van der Waals surface area contributed by atoms with Gasteiger partial charge >= 0.3 is 6.09 Å². The molecule has 0 spiro atoms. The van der Waals surface area contributed by atoms with Gasteiger partial charge in [0.05, 0.1) is 24.2 Å². The average molecular weight is 430 g/mol. The molecule has 1 aliphatic heterocycles. The molecule has 32 heavy (non-hydrogen) atoms. The Balaban J connectivity index is 1.54. The lowest BCUT2D eigenvalue weighted by Crippen LogP contribution is -2.54. The number of piperidine rings is 1. The Labute approximate surface area is 188 Å². The monoisotopic (exact) mass is 430 g/mol. The van der Waals surface area contributed by atoms with Crippen LogP contribution in [0, 0.1) is 11.8 Å². The molecule has 5 rings (SSSR count). The van der Waals surface area contributed by atoms with E-state index in [4.69, 9.17) is 17.6 Å². The summed E-state index contributed by atoms with van der Waals surface area (Å²) in [7, 11) is 7.26. The Morgan fingerprint density at radius 3 is 2.81 bits per heavy atom. The maximum atomic E-state index is 13.7. The van der Waals surface area contributed by atoms with Crippen LogP contribution >= 0.6 is 0 Å². The number of imidazole rings is 1. The van der Waals surface area contributed by atoms with Gasteiger partial charge in [0.1, 0.15) is 19.7 Å². The summed E-state index contributed by atoms with van der Waals surface area (Å²) in [5, 5.41) is 4.81. The minimum atomic E-state index is -0.641.